The van der Waals surface area contributed by atoms with Crippen molar-refractivity contribution >= 4 is 33.1 Å². The largest absolute Gasteiger partial charge is 0.478 e. The Morgan fingerprint density at radius 2 is 1.86 bits per heavy atom. The number of benzene rings is 2. The standard InChI is InChI=1S/C21H23N3O4S/c22-17-3-5-18(6-4-17)24-20-15(9-14-8-12-1-2-13(14)7-12)10-16(21(25)26)11-19(20)29(23,27)28/h1-6,10-14,24H,7-9,22H2,(H,25,26)(H2,23,27,28). The van der Waals surface area contributed by atoms with E-state index in [1.54, 1.807) is 30.3 Å². The number of allylic oxidation sites excluding steroid dienone is 2. The highest BCUT2D eigenvalue weighted by Crippen LogP contribution is 2.46. The number of aromatic carboxylic acids is 1. The summed E-state index contributed by atoms with van der Waals surface area (Å²) < 4.78 is 24.6. The quantitative estimate of drug-likeness (QED) is 0.424. The fraction of sp³-hybridized carbons (Fsp3) is 0.286. The van der Waals surface area contributed by atoms with Crippen molar-refractivity contribution in [3.05, 3.63) is 59.7 Å². The summed E-state index contributed by atoms with van der Waals surface area (Å²) in [6, 6.07) is 9.53. The molecule has 0 heterocycles. The SMILES string of the molecule is Nc1ccc(Nc2c(CC3CC4C=CC3C4)cc(C(=O)O)cc2S(N)(=O)=O)cc1. The van der Waals surface area contributed by atoms with E-state index in [0.29, 0.717) is 46.8 Å². The normalized spacial score (nSPS) is 22.7. The molecule has 3 unspecified atom stereocenters. The summed E-state index contributed by atoms with van der Waals surface area (Å²) in [4.78, 5) is 11.4. The van der Waals surface area contributed by atoms with Crippen molar-refractivity contribution in [2.45, 2.75) is 24.2 Å². The minimum Gasteiger partial charge on any atom is -0.478 e. The van der Waals surface area contributed by atoms with Crippen LogP contribution in [0.1, 0.15) is 28.8 Å². The van der Waals surface area contributed by atoms with Crippen LogP contribution in [0.3, 0.4) is 0 Å². The summed E-state index contributed by atoms with van der Waals surface area (Å²) in [6.45, 7) is 0. The Morgan fingerprint density at radius 1 is 1.14 bits per heavy atom. The van der Waals surface area contributed by atoms with Crippen LogP contribution in [0.2, 0.25) is 0 Å². The number of hydrogen-bond acceptors (Lipinski definition) is 5. The van der Waals surface area contributed by atoms with Gasteiger partial charge >= 0.3 is 5.97 Å². The summed E-state index contributed by atoms with van der Waals surface area (Å²) in [5.41, 5.74) is 7.82. The van der Waals surface area contributed by atoms with Gasteiger partial charge in [0.05, 0.1) is 11.3 Å². The van der Waals surface area contributed by atoms with Gasteiger partial charge in [-0.25, -0.2) is 18.4 Å². The maximum atomic E-state index is 12.3. The van der Waals surface area contributed by atoms with Crippen LogP contribution < -0.4 is 16.2 Å². The number of carboxylic acid groups (broad SMARTS) is 1. The lowest BCUT2D eigenvalue weighted by molar-refractivity contribution is 0.0696. The predicted molar refractivity (Wildman–Crippen MR) is 111 cm³/mol. The molecule has 2 bridgehead atoms. The van der Waals surface area contributed by atoms with E-state index in [9.17, 15) is 18.3 Å². The van der Waals surface area contributed by atoms with Gasteiger partial charge in [-0.15, -0.1) is 0 Å². The fourth-order valence-electron chi connectivity index (χ4n) is 4.45. The number of rotatable bonds is 6. The third-order valence-electron chi connectivity index (χ3n) is 5.82. The molecule has 2 aromatic carbocycles. The van der Waals surface area contributed by atoms with Gasteiger partial charge in [-0.1, -0.05) is 12.2 Å². The number of primary sulfonamides is 1. The van der Waals surface area contributed by atoms with E-state index in [1.807, 2.05) is 0 Å². The van der Waals surface area contributed by atoms with Crippen LogP contribution in [-0.2, 0) is 16.4 Å². The monoisotopic (exact) mass is 413 g/mol. The molecule has 29 heavy (non-hydrogen) atoms. The zero-order valence-electron chi connectivity index (χ0n) is 15.7. The van der Waals surface area contributed by atoms with Crippen molar-refractivity contribution in [1.82, 2.24) is 0 Å². The average molecular weight is 413 g/mol. The number of carbonyl (C=O) groups is 1. The van der Waals surface area contributed by atoms with Crippen molar-refractivity contribution in [3.8, 4) is 0 Å². The molecule has 1 fully saturated rings. The van der Waals surface area contributed by atoms with Crippen LogP contribution in [0.5, 0.6) is 0 Å². The van der Waals surface area contributed by atoms with Crippen LogP contribution in [-0.4, -0.2) is 19.5 Å². The summed E-state index contributed by atoms with van der Waals surface area (Å²) in [5, 5.41) is 18.1. The molecule has 0 amide bonds. The van der Waals surface area contributed by atoms with Crippen LogP contribution in [0.4, 0.5) is 17.1 Å². The molecule has 0 saturated heterocycles. The average Bonchev–Trinajstić information content (AvgIpc) is 3.26. The second-order valence-corrected chi connectivity index (χ2v) is 9.38. The first kappa shape index (κ1) is 19.5. The molecule has 4 rings (SSSR count). The number of anilines is 3. The number of hydrogen-bond donors (Lipinski definition) is 4. The molecule has 3 atom stereocenters. The van der Waals surface area contributed by atoms with Crippen LogP contribution in [0.15, 0.2) is 53.4 Å². The summed E-state index contributed by atoms with van der Waals surface area (Å²) in [6.07, 6.45) is 7.15. The molecule has 152 valence electrons. The van der Waals surface area contributed by atoms with Crippen LogP contribution in [0, 0.1) is 17.8 Å². The molecule has 1 saturated carbocycles. The Hall–Kier alpha value is -2.84. The lowest BCUT2D eigenvalue weighted by Gasteiger charge is -2.22. The molecule has 8 heteroatoms. The van der Waals surface area contributed by atoms with Crippen molar-refractivity contribution in [1.29, 1.82) is 0 Å². The van der Waals surface area contributed by atoms with Crippen molar-refractivity contribution < 1.29 is 18.3 Å². The van der Waals surface area contributed by atoms with Gasteiger partial charge < -0.3 is 16.2 Å². The van der Waals surface area contributed by atoms with Gasteiger partial charge in [0.1, 0.15) is 4.90 Å². The zero-order valence-corrected chi connectivity index (χ0v) is 16.5. The van der Waals surface area contributed by atoms with E-state index < -0.39 is 16.0 Å². The highest BCUT2D eigenvalue weighted by atomic mass is 32.2. The van der Waals surface area contributed by atoms with E-state index in [4.69, 9.17) is 10.9 Å². The van der Waals surface area contributed by atoms with E-state index >= 15 is 0 Å². The Kier molecular flexibility index (Phi) is 4.84. The van der Waals surface area contributed by atoms with E-state index in [2.05, 4.69) is 17.5 Å². The van der Waals surface area contributed by atoms with Gasteiger partial charge in [-0.05, 0) is 79.0 Å². The maximum Gasteiger partial charge on any atom is 0.335 e. The molecule has 2 aliphatic carbocycles. The lowest BCUT2D eigenvalue weighted by atomic mass is 9.86. The molecule has 0 aromatic heterocycles. The smallest absolute Gasteiger partial charge is 0.335 e. The van der Waals surface area contributed by atoms with Gasteiger partial charge in [0, 0.05) is 11.4 Å². The first-order chi connectivity index (χ1) is 13.7. The van der Waals surface area contributed by atoms with E-state index in [1.165, 1.54) is 0 Å². The molecular weight excluding hydrogens is 390 g/mol. The highest BCUT2D eigenvalue weighted by Gasteiger charge is 2.36. The minimum absolute atomic E-state index is 0.0921. The number of nitrogen functional groups attached to an aromatic ring is 1. The van der Waals surface area contributed by atoms with Gasteiger partial charge in [0.2, 0.25) is 10.0 Å². The third-order valence-corrected chi connectivity index (χ3v) is 6.75. The molecular formula is C21H23N3O4S. The van der Waals surface area contributed by atoms with Crippen LogP contribution >= 0.6 is 0 Å². The summed E-state index contributed by atoms with van der Waals surface area (Å²) in [5.74, 6) is 0.145. The Labute approximate surface area is 169 Å². The minimum atomic E-state index is -4.15. The van der Waals surface area contributed by atoms with Gasteiger partial charge in [-0.3, -0.25) is 0 Å². The summed E-state index contributed by atoms with van der Waals surface area (Å²) in [7, 11) is -4.15. The van der Waals surface area contributed by atoms with E-state index in [-0.39, 0.29) is 10.5 Å². The second-order valence-electron chi connectivity index (χ2n) is 7.85. The topological polar surface area (TPSA) is 136 Å². The molecule has 6 N–H and O–H groups in total. The van der Waals surface area contributed by atoms with E-state index in [0.717, 1.165) is 18.9 Å². The zero-order chi connectivity index (χ0) is 20.8. The Balaban J connectivity index is 1.81. The number of carboxylic acids is 1. The van der Waals surface area contributed by atoms with Crippen molar-refractivity contribution in [2.75, 3.05) is 11.1 Å². The molecule has 0 aliphatic heterocycles. The fourth-order valence-corrected chi connectivity index (χ4v) is 5.20. The maximum absolute atomic E-state index is 12.3. The van der Waals surface area contributed by atoms with Crippen molar-refractivity contribution in [2.24, 2.45) is 22.9 Å². The number of nitrogens with two attached hydrogens (primary N) is 2. The molecule has 0 radical (unpaired) electrons. The number of sulfonamides is 1. The summed E-state index contributed by atoms with van der Waals surface area (Å²) >= 11 is 0. The Morgan fingerprint density at radius 3 is 2.41 bits per heavy atom. The van der Waals surface area contributed by atoms with Crippen molar-refractivity contribution in [3.63, 3.8) is 0 Å². The molecule has 2 aromatic rings. The van der Waals surface area contributed by atoms with Crippen LogP contribution in [0.25, 0.3) is 0 Å². The number of nitrogens with one attached hydrogen (secondary N) is 1. The number of fused-ring (bicyclic) bond motifs is 2. The molecule has 2 aliphatic rings. The second kappa shape index (κ2) is 7.20. The first-order valence-electron chi connectivity index (χ1n) is 9.44. The Bertz CT molecular complexity index is 1090. The molecule has 0 spiro atoms. The van der Waals surface area contributed by atoms with Gasteiger partial charge in [0.25, 0.3) is 0 Å². The van der Waals surface area contributed by atoms with Gasteiger partial charge in [0.15, 0.2) is 0 Å². The third kappa shape index (κ3) is 3.99. The molecule has 7 nitrogen and oxygen atoms in total. The van der Waals surface area contributed by atoms with Gasteiger partial charge in [-0.2, -0.15) is 0 Å². The lowest BCUT2D eigenvalue weighted by Crippen LogP contribution is -2.18. The highest BCUT2D eigenvalue weighted by molar-refractivity contribution is 7.89. The predicted octanol–water partition coefficient (Wildman–Crippen LogP) is 3.11. The first-order valence-corrected chi connectivity index (χ1v) is 11.0.